The van der Waals surface area contributed by atoms with Gasteiger partial charge in [-0.05, 0) is 20.8 Å². The van der Waals surface area contributed by atoms with Crippen LogP contribution < -0.4 is 5.32 Å². The van der Waals surface area contributed by atoms with Crippen molar-refractivity contribution in [1.82, 2.24) is 19.7 Å². The molecule has 2 heterocycles. The van der Waals surface area contributed by atoms with Gasteiger partial charge in [-0.25, -0.2) is 4.98 Å². The van der Waals surface area contributed by atoms with Crippen LogP contribution >= 0.6 is 23.1 Å². The number of nitrogens with one attached hydrogen (secondary N) is 1. The Morgan fingerprint density at radius 2 is 1.89 bits per heavy atom. The minimum Gasteiger partial charge on any atom is -0.303 e. The van der Waals surface area contributed by atoms with Gasteiger partial charge < -0.3 is 9.88 Å². The molecule has 0 aliphatic heterocycles. The van der Waals surface area contributed by atoms with Gasteiger partial charge in [-0.3, -0.25) is 4.79 Å². The maximum Gasteiger partial charge on any atom is 0.236 e. The van der Waals surface area contributed by atoms with Crippen LogP contribution in [0.15, 0.2) is 34.8 Å². The second-order valence-electron chi connectivity index (χ2n) is 7.20. The number of aromatic nitrogens is 4. The first-order valence-electron chi connectivity index (χ1n) is 9.25. The molecule has 1 aromatic carbocycles. The summed E-state index contributed by atoms with van der Waals surface area (Å²) in [5, 5.41) is 14.8. The van der Waals surface area contributed by atoms with Crippen molar-refractivity contribution in [2.75, 3.05) is 11.1 Å². The minimum absolute atomic E-state index is 0.0980. The normalized spacial score (nSPS) is 11.4. The highest BCUT2D eigenvalue weighted by molar-refractivity contribution is 7.99. The fourth-order valence-corrected chi connectivity index (χ4v) is 4.35. The molecule has 0 saturated heterocycles. The molecule has 6 nitrogen and oxygen atoms in total. The predicted molar refractivity (Wildman–Crippen MR) is 116 cm³/mol. The summed E-state index contributed by atoms with van der Waals surface area (Å²) in [6, 6.07) is 8.43. The molecule has 3 aromatic rings. The number of amides is 1. The highest BCUT2D eigenvalue weighted by atomic mass is 32.2. The smallest absolute Gasteiger partial charge is 0.236 e. The van der Waals surface area contributed by atoms with Crippen LogP contribution in [0.4, 0.5) is 5.13 Å². The zero-order valence-corrected chi connectivity index (χ0v) is 18.4. The van der Waals surface area contributed by atoms with Crippen molar-refractivity contribution < 1.29 is 4.79 Å². The zero-order valence-electron chi connectivity index (χ0n) is 16.8. The number of carbonyl (C=O) groups is 1. The van der Waals surface area contributed by atoms with Crippen molar-refractivity contribution in [3.05, 3.63) is 41.0 Å². The van der Waals surface area contributed by atoms with Gasteiger partial charge in [-0.1, -0.05) is 55.4 Å². The zero-order chi connectivity index (χ0) is 20.3. The van der Waals surface area contributed by atoms with Gasteiger partial charge in [0.15, 0.2) is 10.3 Å². The van der Waals surface area contributed by atoms with Gasteiger partial charge >= 0.3 is 0 Å². The molecule has 1 amide bonds. The largest absolute Gasteiger partial charge is 0.303 e. The number of rotatable bonds is 7. The van der Waals surface area contributed by atoms with E-state index in [0.717, 1.165) is 22.2 Å². The van der Waals surface area contributed by atoms with Gasteiger partial charge in [0, 0.05) is 22.9 Å². The summed E-state index contributed by atoms with van der Waals surface area (Å²) in [6.07, 6.45) is 0. The van der Waals surface area contributed by atoms with Gasteiger partial charge in [0.25, 0.3) is 0 Å². The van der Waals surface area contributed by atoms with Crippen LogP contribution in [0, 0.1) is 6.92 Å². The second-order valence-corrected chi connectivity index (χ2v) is 9.00. The minimum atomic E-state index is -0.0980. The molecule has 0 spiro atoms. The van der Waals surface area contributed by atoms with Crippen LogP contribution in [0.25, 0.3) is 11.3 Å². The quantitative estimate of drug-likeness (QED) is 0.541. The average molecular weight is 416 g/mol. The van der Waals surface area contributed by atoms with Crippen LogP contribution in [0.5, 0.6) is 0 Å². The Morgan fingerprint density at radius 1 is 1.18 bits per heavy atom. The molecule has 3 rings (SSSR count). The predicted octanol–water partition coefficient (Wildman–Crippen LogP) is 5.15. The van der Waals surface area contributed by atoms with Crippen molar-refractivity contribution in [2.45, 2.75) is 51.7 Å². The van der Waals surface area contributed by atoms with E-state index in [1.165, 1.54) is 28.7 Å². The first-order valence-corrected chi connectivity index (χ1v) is 11.1. The Bertz CT molecular complexity index is 944. The van der Waals surface area contributed by atoms with E-state index in [-0.39, 0.29) is 23.6 Å². The van der Waals surface area contributed by atoms with Crippen LogP contribution in [0.1, 0.15) is 51.0 Å². The van der Waals surface area contributed by atoms with E-state index in [4.69, 9.17) is 0 Å². The van der Waals surface area contributed by atoms with Crippen LogP contribution in [-0.4, -0.2) is 31.4 Å². The fraction of sp³-hybridized carbons (Fsp3) is 0.400. The van der Waals surface area contributed by atoms with Gasteiger partial charge in [-0.15, -0.1) is 21.5 Å². The lowest BCUT2D eigenvalue weighted by molar-refractivity contribution is -0.113. The third-order valence-corrected chi connectivity index (χ3v) is 5.85. The lowest BCUT2D eigenvalue weighted by atomic mass is 10.1. The Balaban J connectivity index is 1.62. The number of hydrogen-bond donors (Lipinski definition) is 1. The maximum absolute atomic E-state index is 12.4. The monoisotopic (exact) mass is 415 g/mol. The Morgan fingerprint density at radius 3 is 2.54 bits per heavy atom. The van der Waals surface area contributed by atoms with Crippen LogP contribution in [-0.2, 0) is 4.79 Å². The molecular weight excluding hydrogens is 390 g/mol. The van der Waals surface area contributed by atoms with Crippen molar-refractivity contribution >= 4 is 34.1 Å². The number of aryl methyl sites for hydroxylation is 1. The van der Waals surface area contributed by atoms with Crippen LogP contribution in [0.3, 0.4) is 0 Å². The number of anilines is 1. The highest BCUT2D eigenvalue weighted by Gasteiger charge is 2.18. The van der Waals surface area contributed by atoms with E-state index in [9.17, 15) is 4.79 Å². The molecule has 0 fully saturated rings. The molecule has 0 bridgehead atoms. The molecule has 0 atom stereocenters. The molecule has 0 unspecified atom stereocenters. The molecule has 1 N–H and O–H groups in total. The first kappa shape index (κ1) is 20.5. The third kappa shape index (κ3) is 4.80. The van der Waals surface area contributed by atoms with E-state index in [2.05, 4.69) is 71.8 Å². The molecule has 148 valence electrons. The molecule has 8 heteroatoms. The van der Waals surface area contributed by atoms with Crippen molar-refractivity contribution in [3.8, 4) is 11.3 Å². The number of thiazole rings is 1. The lowest BCUT2D eigenvalue weighted by Gasteiger charge is -2.15. The van der Waals surface area contributed by atoms with Crippen molar-refractivity contribution in [2.24, 2.45) is 0 Å². The third-order valence-electron chi connectivity index (χ3n) is 4.15. The summed E-state index contributed by atoms with van der Waals surface area (Å²) in [4.78, 5) is 16.9. The lowest BCUT2D eigenvalue weighted by Crippen LogP contribution is -2.15. The standard InChI is InChI=1S/C20H25N5OS2/c1-12(2)18-23-24-20(25(18)13(3)4)28-11-17(26)22-19-21-16(10-27-19)15-8-6-14(5)7-9-15/h6-10,12-13H,11H2,1-5H3,(H,21,22,26). The van der Waals surface area contributed by atoms with Crippen LogP contribution in [0.2, 0.25) is 0 Å². The van der Waals surface area contributed by atoms with E-state index in [1.54, 1.807) is 0 Å². The summed E-state index contributed by atoms with van der Waals surface area (Å²) < 4.78 is 2.10. The molecule has 0 radical (unpaired) electrons. The summed E-state index contributed by atoms with van der Waals surface area (Å²) in [5.41, 5.74) is 3.12. The number of benzene rings is 1. The molecular formula is C20H25N5OS2. The summed E-state index contributed by atoms with van der Waals surface area (Å²) in [6.45, 7) is 10.4. The SMILES string of the molecule is Cc1ccc(-c2csc(NC(=O)CSc3nnc(C(C)C)n3C(C)C)n2)cc1. The van der Waals surface area contributed by atoms with Gasteiger partial charge in [0.1, 0.15) is 5.82 Å². The second kappa shape index (κ2) is 8.87. The highest BCUT2D eigenvalue weighted by Crippen LogP contribution is 2.27. The maximum atomic E-state index is 12.4. The van der Waals surface area contributed by atoms with E-state index in [1.807, 2.05) is 17.5 Å². The molecule has 2 aromatic heterocycles. The number of nitrogens with zero attached hydrogens (tertiary/aromatic N) is 4. The van der Waals surface area contributed by atoms with E-state index in [0.29, 0.717) is 5.13 Å². The van der Waals surface area contributed by atoms with Gasteiger partial charge in [0.2, 0.25) is 5.91 Å². The Labute approximate surface area is 173 Å². The Kier molecular flexibility index (Phi) is 6.51. The van der Waals surface area contributed by atoms with Gasteiger partial charge in [0.05, 0.1) is 11.4 Å². The summed E-state index contributed by atoms with van der Waals surface area (Å²) in [5.74, 6) is 1.40. The molecule has 28 heavy (non-hydrogen) atoms. The van der Waals surface area contributed by atoms with Crippen molar-refractivity contribution in [3.63, 3.8) is 0 Å². The Hall–Kier alpha value is -2.19. The first-order chi connectivity index (χ1) is 13.3. The van der Waals surface area contributed by atoms with E-state index < -0.39 is 0 Å². The average Bonchev–Trinajstić information content (AvgIpc) is 3.27. The molecule has 0 saturated carbocycles. The number of carbonyl (C=O) groups excluding carboxylic acids is 1. The topological polar surface area (TPSA) is 72.7 Å². The fourth-order valence-electron chi connectivity index (χ4n) is 2.74. The van der Waals surface area contributed by atoms with Gasteiger partial charge in [-0.2, -0.15) is 0 Å². The van der Waals surface area contributed by atoms with Crippen molar-refractivity contribution in [1.29, 1.82) is 0 Å². The van der Waals surface area contributed by atoms with E-state index >= 15 is 0 Å². The number of thioether (sulfide) groups is 1. The number of hydrogen-bond acceptors (Lipinski definition) is 6. The molecule has 0 aliphatic carbocycles. The summed E-state index contributed by atoms with van der Waals surface area (Å²) in [7, 11) is 0. The molecule has 0 aliphatic rings. The summed E-state index contributed by atoms with van der Waals surface area (Å²) >= 11 is 2.83.